The molecule has 0 spiro atoms. The number of rotatable bonds is 8. The lowest BCUT2D eigenvalue weighted by Crippen LogP contribution is -2.33. The standard InChI is InChI=1S/C34H44N4O3/c1-21-9-10-26(31(34(3,4)33(39)40)28-11-12-29(37(5)36)32(35)22(28)2)17-23(21)13-14-38-15-16-41-30-19-25-8-6-7-24(25)18-27(30)20-38/h9-12,17-19,31H,6-8,13-16,20,35-36H2,1-5H3,(H,39,40). The lowest BCUT2D eigenvalue weighted by Gasteiger charge is -2.34. The number of carboxylic acid groups (broad SMARTS) is 1. The van der Waals surface area contributed by atoms with E-state index in [1.165, 1.54) is 45.7 Å². The van der Waals surface area contributed by atoms with E-state index in [-0.39, 0.29) is 5.92 Å². The van der Waals surface area contributed by atoms with Crippen LogP contribution in [-0.2, 0) is 30.6 Å². The smallest absolute Gasteiger partial charge is 0.310 e. The van der Waals surface area contributed by atoms with Crippen LogP contribution in [0.15, 0.2) is 42.5 Å². The summed E-state index contributed by atoms with van der Waals surface area (Å²) < 4.78 is 6.16. The summed E-state index contributed by atoms with van der Waals surface area (Å²) in [6.07, 6.45) is 4.43. The number of fused-ring (bicyclic) bond motifs is 2. The first-order chi connectivity index (χ1) is 19.5. The second kappa shape index (κ2) is 11.4. The molecule has 0 fully saturated rings. The molecule has 0 aromatic heterocycles. The van der Waals surface area contributed by atoms with E-state index in [1.807, 2.05) is 19.1 Å². The van der Waals surface area contributed by atoms with Crippen LogP contribution in [0.3, 0.4) is 0 Å². The van der Waals surface area contributed by atoms with Crippen LogP contribution in [0.25, 0.3) is 0 Å². The maximum Gasteiger partial charge on any atom is 0.310 e. The van der Waals surface area contributed by atoms with E-state index in [4.69, 9.17) is 16.3 Å². The zero-order valence-electron chi connectivity index (χ0n) is 25.1. The Morgan fingerprint density at radius 2 is 1.83 bits per heavy atom. The summed E-state index contributed by atoms with van der Waals surface area (Å²) in [5, 5.41) is 11.8. The van der Waals surface area contributed by atoms with Crippen molar-refractivity contribution in [2.45, 2.75) is 65.8 Å². The largest absolute Gasteiger partial charge is 0.492 e. The molecule has 7 heteroatoms. The monoisotopic (exact) mass is 556 g/mol. The molecule has 2 aliphatic rings. The molecule has 41 heavy (non-hydrogen) atoms. The van der Waals surface area contributed by atoms with Gasteiger partial charge in [-0.2, -0.15) is 0 Å². The van der Waals surface area contributed by atoms with Gasteiger partial charge in [0.2, 0.25) is 0 Å². The van der Waals surface area contributed by atoms with Gasteiger partial charge < -0.3 is 20.6 Å². The Morgan fingerprint density at radius 1 is 1.10 bits per heavy atom. The molecule has 3 aromatic rings. The third-order valence-electron chi connectivity index (χ3n) is 9.24. The van der Waals surface area contributed by atoms with E-state index in [9.17, 15) is 9.90 Å². The van der Waals surface area contributed by atoms with Crippen LogP contribution >= 0.6 is 0 Å². The number of hydrazine groups is 1. The number of nitrogens with zero attached hydrogens (tertiary/aromatic N) is 2. The quantitative estimate of drug-likeness (QED) is 0.195. The number of ether oxygens (including phenoxy) is 1. The van der Waals surface area contributed by atoms with Crippen LogP contribution in [0.5, 0.6) is 5.75 Å². The molecule has 5 rings (SSSR count). The lowest BCUT2D eigenvalue weighted by molar-refractivity contribution is -0.147. The van der Waals surface area contributed by atoms with Gasteiger partial charge in [-0.3, -0.25) is 9.69 Å². The van der Waals surface area contributed by atoms with Crippen molar-refractivity contribution in [1.82, 2.24) is 4.90 Å². The molecule has 0 saturated carbocycles. The fourth-order valence-corrected chi connectivity index (χ4v) is 6.58. The highest BCUT2D eigenvalue weighted by atomic mass is 16.5. The molecular formula is C34H44N4O3. The Kier molecular flexibility index (Phi) is 8.04. The van der Waals surface area contributed by atoms with Crippen LogP contribution in [0, 0.1) is 19.3 Å². The van der Waals surface area contributed by atoms with Crippen molar-refractivity contribution < 1.29 is 14.6 Å². The summed E-state index contributed by atoms with van der Waals surface area (Å²) in [6.45, 7) is 11.0. The van der Waals surface area contributed by atoms with E-state index >= 15 is 0 Å². The molecule has 0 saturated heterocycles. The van der Waals surface area contributed by atoms with Gasteiger partial charge in [0.15, 0.2) is 0 Å². The van der Waals surface area contributed by atoms with Crippen molar-refractivity contribution in [3.8, 4) is 5.75 Å². The molecule has 1 unspecified atom stereocenters. The predicted molar refractivity (Wildman–Crippen MR) is 166 cm³/mol. The van der Waals surface area contributed by atoms with Gasteiger partial charge in [-0.25, -0.2) is 5.84 Å². The van der Waals surface area contributed by atoms with Crippen molar-refractivity contribution in [2.75, 3.05) is 37.5 Å². The summed E-state index contributed by atoms with van der Waals surface area (Å²) in [6, 6.07) is 14.9. The Bertz CT molecular complexity index is 1460. The van der Waals surface area contributed by atoms with Crippen molar-refractivity contribution in [3.63, 3.8) is 0 Å². The average Bonchev–Trinajstić information content (AvgIpc) is 3.28. The Balaban J connectivity index is 1.43. The highest BCUT2D eigenvalue weighted by Crippen LogP contribution is 2.45. The zero-order valence-corrected chi connectivity index (χ0v) is 25.1. The van der Waals surface area contributed by atoms with Crippen LogP contribution in [0.4, 0.5) is 11.4 Å². The average molecular weight is 557 g/mol. The summed E-state index contributed by atoms with van der Waals surface area (Å²) in [4.78, 5) is 15.1. The molecule has 1 aliphatic carbocycles. The Hall–Kier alpha value is -3.55. The van der Waals surface area contributed by atoms with E-state index in [0.717, 1.165) is 60.6 Å². The van der Waals surface area contributed by atoms with Crippen LogP contribution in [0.2, 0.25) is 0 Å². The van der Waals surface area contributed by atoms with Gasteiger partial charge >= 0.3 is 5.97 Å². The minimum Gasteiger partial charge on any atom is -0.492 e. The minimum absolute atomic E-state index is 0.390. The van der Waals surface area contributed by atoms with Crippen molar-refractivity contribution in [1.29, 1.82) is 0 Å². The van der Waals surface area contributed by atoms with Gasteiger partial charge in [-0.05, 0) is 104 Å². The number of carboxylic acids is 1. The molecule has 218 valence electrons. The van der Waals surface area contributed by atoms with Gasteiger partial charge in [0, 0.05) is 38.2 Å². The normalized spacial score (nSPS) is 16.0. The number of benzene rings is 3. The van der Waals surface area contributed by atoms with E-state index in [0.29, 0.717) is 12.3 Å². The first-order valence-corrected chi connectivity index (χ1v) is 14.7. The number of hydrogen-bond donors (Lipinski definition) is 3. The molecule has 1 aliphatic heterocycles. The molecule has 1 atom stereocenters. The zero-order chi connectivity index (χ0) is 29.5. The highest BCUT2D eigenvalue weighted by Gasteiger charge is 2.40. The van der Waals surface area contributed by atoms with Crippen molar-refractivity contribution in [2.24, 2.45) is 11.3 Å². The fourth-order valence-electron chi connectivity index (χ4n) is 6.58. The van der Waals surface area contributed by atoms with Gasteiger partial charge in [0.05, 0.1) is 16.8 Å². The van der Waals surface area contributed by atoms with Crippen LogP contribution in [0.1, 0.15) is 70.7 Å². The maximum atomic E-state index is 12.6. The molecule has 0 bridgehead atoms. The predicted octanol–water partition coefficient (Wildman–Crippen LogP) is 5.36. The number of aryl methyl sites for hydroxylation is 3. The third kappa shape index (κ3) is 5.66. The molecule has 1 heterocycles. The number of nitrogen functional groups attached to an aromatic ring is 1. The number of nitrogens with two attached hydrogens (primary N) is 2. The summed E-state index contributed by atoms with van der Waals surface area (Å²) in [5.74, 6) is 5.80. The van der Waals surface area contributed by atoms with Crippen molar-refractivity contribution in [3.05, 3.63) is 87.0 Å². The Morgan fingerprint density at radius 3 is 2.54 bits per heavy atom. The van der Waals surface area contributed by atoms with E-state index < -0.39 is 11.4 Å². The first-order valence-electron chi connectivity index (χ1n) is 14.7. The molecule has 0 radical (unpaired) electrons. The van der Waals surface area contributed by atoms with Gasteiger partial charge in [0.25, 0.3) is 0 Å². The SMILES string of the molecule is Cc1ccc(C(c2ccc(N(C)N)c(N)c2C)C(C)(C)C(=O)O)cc1CCN1CCOc2cc3c(cc2C1)CCC3. The number of anilines is 2. The topological polar surface area (TPSA) is 105 Å². The second-order valence-corrected chi connectivity index (χ2v) is 12.4. The molecule has 5 N–H and O–H groups in total. The van der Waals surface area contributed by atoms with Crippen LogP contribution < -0.4 is 21.3 Å². The number of aliphatic carboxylic acids is 1. The number of carbonyl (C=O) groups is 1. The summed E-state index contributed by atoms with van der Waals surface area (Å²) in [7, 11) is 1.75. The number of hydrogen-bond acceptors (Lipinski definition) is 6. The van der Waals surface area contributed by atoms with E-state index in [1.54, 1.807) is 20.9 Å². The van der Waals surface area contributed by atoms with Gasteiger partial charge in [-0.15, -0.1) is 0 Å². The Labute approximate surface area is 244 Å². The lowest BCUT2D eigenvalue weighted by atomic mass is 9.69. The summed E-state index contributed by atoms with van der Waals surface area (Å²) >= 11 is 0. The maximum absolute atomic E-state index is 12.6. The first kappa shape index (κ1) is 29.0. The van der Waals surface area contributed by atoms with Gasteiger partial charge in [-0.1, -0.05) is 30.3 Å². The second-order valence-electron chi connectivity index (χ2n) is 12.4. The summed E-state index contributed by atoms with van der Waals surface area (Å²) in [5.41, 5.74) is 16.1. The fraction of sp³-hybridized carbons (Fsp3) is 0.441. The molecule has 3 aromatic carbocycles. The molecular weight excluding hydrogens is 512 g/mol. The van der Waals surface area contributed by atoms with Crippen molar-refractivity contribution >= 4 is 17.3 Å². The van der Waals surface area contributed by atoms with Crippen LogP contribution in [-0.4, -0.2) is 42.7 Å². The molecule has 0 amide bonds. The van der Waals surface area contributed by atoms with Gasteiger partial charge in [0.1, 0.15) is 12.4 Å². The highest BCUT2D eigenvalue weighted by molar-refractivity contribution is 5.78. The molecule has 7 nitrogen and oxygen atoms in total. The minimum atomic E-state index is -1.06. The van der Waals surface area contributed by atoms with E-state index in [2.05, 4.69) is 42.2 Å². The third-order valence-corrected chi connectivity index (χ3v) is 9.24.